The van der Waals surface area contributed by atoms with Crippen molar-refractivity contribution in [2.45, 2.75) is 0 Å². The smallest absolute Gasteiger partial charge is 0.235 e. The molecule has 1 rings (SSSR count). The van der Waals surface area contributed by atoms with Gasteiger partial charge in [0.05, 0.1) is 14.8 Å². The Morgan fingerprint density at radius 3 is 2.64 bits per heavy atom. The van der Waals surface area contributed by atoms with Crippen LogP contribution in [0.1, 0.15) is 0 Å². The molecule has 0 N–H and O–H groups in total. The molecule has 1 aromatic heterocycles. The van der Waals surface area contributed by atoms with E-state index in [9.17, 15) is 7.77 Å². The topological polar surface area (TPSA) is 16.1 Å². The number of hydrogen-bond acceptors (Lipinski definition) is 2. The molecular weight excluding hydrogens is 170 g/mol. The zero-order chi connectivity index (χ0) is 8.27. The number of rotatable bonds is 2. The molecule has 0 saturated heterocycles. The van der Waals surface area contributed by atoms with Crippen LogP contribution in [0.5, 0.6) is 0 Å². The van der Waals surface area contributed by atoms with E-state index in [1.807, 2.05) is 0 Å². The Morgan fingerprint density at radius 2 is 2.18 bits per heavy atom. The summed E-state index contributed by atoms with van der Waals surface area (Å²) in [6.45, 7) is 0. The van der Waals surface area contributed by atoms with Crippen LogP contribution in [-0.4, -0.2) is 12.0 Å². The van der Waals surface area contributed by atoms with Crippen LogP contribution in [0, 0.1) is 0 Å². The average molecular weight is 177 g/mol. The SMILES string of the molecule is CN(c1ccccn1)[S+](F)F. The van der Waals surface area contributed by atoms with Crippen molar-refractivity contribution in [3.63, 3.8) is 0 Å². The molecule has 0 aliphatic carbocycles. The highest BCUT2D eigenvalue weighted by Crippen LogP contribution is 2.14. The Kier molecular flexibility index (Phi) is 2.64. The molecule has 0 radical (unpaired) electrons. The molecular formula is C6H7F2N2S+. The van der Waals surface area contributed by atoms with Gasteiger partial charge in [-0.25, -0.2) is 4.98 Å². The summed E-state index contributed by atoms with van der Waals surface area (Å²) >= 11 is -2.74. The number of hydrogen-bond donors (Lipinski definition) is 0. The lowest BCUT2D eigenvalue weighted by Crippen LogP contribution is -2.19. The second kappa shape index (κ2) is 3.52. The number of anilines is 1. The molecule has 0 bridgehead atoms. The van der Waals surface area contributed by atoms with Crippen LogP contribution in [0.3, 0.4) is 0 Å². The summed E-state index contributed by atoms with van der Waals surface area (Å²) in [6.07, 6.45) is 1.48. The molecule has 0 amide bonds. The lowest BCUT2D eigenvalue weighted by Gasteiger charge is -2.01. The summed E-state index contributed by atoms with van der Waals surface area (Å²) < 4.78 is 24.9. The Hall–Kier alpha value is -0.840. The highest BCUT2D eigenvalue weighted by atomic mass is 32.3. The monoisotopic (exact) mass is 177 g/mol. The molecule has 11 heavy (non-hydrogen) atoms. The van der Waals surface area contributed by atoms with E-state index >= 15 is 0 Å². The summed E-state index contributed by atoms with van der Waals surface area (Å²) in [5.41, 5.74) is 0. The van der Waals surface area contributed by atoms with Gasteiger partial charge in [0, 0.05) is 6.20 Å². The summed E-state index contributed by atoms with van der Waals surface area (Å²) in [5, 5.41) is 0. The lowest BCUT2D eigenvalue weighted by atomic mass is 10.5. The lowest BCUT2D eigenvalue weighted by molar-refractivity contribution is 0.760. The predicted octanol–water partition coefficient (Wildman–Crippen LogP) is 1.82. The van der Waals surface area contributed by atoms with Crippen LogP contribution in [-0.2, 0) is 11.9 Å². The van der Waals surface area contributed by atoms with Gasteiger partial charge in [-0.3, -0.25) is 0 Å². The Bertz CT molecular complexity index is 217. The zero-order valence-corrected chi connectivity index (χ0v) is 6.68. The first kappa shape index (κ1) is 8.26. The van der Waals surface area contributed by atoms with Crippen molar-refractivity contribution in [3.8, 4) is 0 Å². The zero-order valence-electron chi connectivity index (χ0n) is 5.87. The first-order valence-corrected chi connectivity index (χ1v) is 3.91. The Labute approximate surface area is 66.9 Å². The summed E-state index contributed by atoms with van der Waals surface area (Å²) in [6, 6.07) is 4.90. The molecule has 0 aliphatic rings. The first-order chi connectivity index (χ1) is 5.22. The van der Waals surface area contributed by atoms with Gasteiger partial charge < -0.3 is 0 Å². The van der Waals surface area contributed by atoms with Gasteiger partial charge in [-0.05, 0) is 12.1 Å². The summed E-state index contributed by atoms with van der Waals surface area (Å²) in [7, 11) is 1.31. The minimum absolute atomic E-state index is 0.292. The third-order valence-corrected chi connectivity index (χ3v) is 1.78. The van der Waals surface area contributed by atoms with Crippen molar-refractivity contribution in [1.29, 1.82) is 0 Å². The molecule has 0 fully saturated rings. The maximum atomic E-state index is 12.0. The number of nitrogens with zero attached hydrogens (tertiary/aromatic N) is 2. The second-order valence-electron chi connectivity index (χ2n) is 1.88. The van der Waals surface area contributed by atoms with Crippen LogP contribution in [0.25, 0.3) is 0 Å². The normalized spacial score (nSPS) is 10.2. The van der Waals surface area contributed by atoms with E-state index in [1.54, 1.807) is 18.2 Å². The van der Waals surface area contributed by atoms with Crippen LogP contribution in [0.2, 0.25) is 0 Å². The molecule has 60 valence electrons. The van der Waals surface area contributed by atoms with Crippen molar-refractivity contribution < 1.29 is 7.77 Å². The second-order valence-corrected chi connectivity index (χ2v) is 2.82. The summed E-state index contributed by atoms with van der Waals surface area (Å²) in [4.78, 5) is 3.75. The third kappa shape index (κ3) is 2.04. The van der Waals surface area contributed by atoms with Crippen LogP contribution < -0.4 is 4.31 Å². The Morgan fingerprint density at radius 1 is 1.45 bits per heavy atom. The highest BCUT2D eigenvalue weighted by Gasteiger charge is 2.28. The van der Waals surface area contributed by atoms with Crippen LogP contribution >= 0.6 is 0 Å². The fourth-order valence-electron chi connectivity index (χ4n) is 0.611. The molecule has 0 atom stereocenters. The van der Waals surface area contributed by atoms with Gasteiger partial charge in [0.25, 0.3) is 0 Å². The molecule has 0 spiro atoms. The molecule has 0 aromatic carbocycles. The third-order valence-electron chi connectivity index (χ3n) is 1.18. The minimum Gasteiger partial charge on any atom is -0.235 e. The van der Waals surface area contributed by atoms with E-state index in [2.05, 4.69) is 4.98 Å². The van der Waals surface area contributed by atoms with Gasteiger partial charge in [-0.1, -0.05) is 6.07 Å². The van der Waals surface area contributed by atoms with E-state index < -0.39 is 11.9 Å². The van der Waals surface area contributed by atoms with Crippen molar-refractivity contribution in [2.24, 2.45) is 0 Å². The molecule has 2 nitrogen and oxygen atoms in total. The van der Waals surface area contributed by atoms with Gasteiger partial charge >= 0.3 is 11.9 Å². The molecule has 0 aliphatic heterocycles. The van der Waals surface area contributed by atoms with E-state index in [1.165, 1.54) is 13.2 Å². The standard InChI is InChI=1S/C6H7F2N2S/c1-10(11(7)8)6-4-2-3-5-9-6/h2-5H,1H3/q+1. The van der Waals surface area contributed by atoms with Crippen molar-refractivity contribution >= 4 is 17.7 Å². The van der Waals surface area contributed by atoms with Gasteiger partial charge in [0.2, 0.25) is 0 Å². The quantitative estimate of drug-likeness (QED) is 0.640. The van der Waals surface area contributed by atoms with Crippen LogP contribution in [0.15, 0.2) is 24.4 Å². The number of pyridine rings is 1. The van der Waals surface area contributed by atoms with E-state index in [-0.39, 0.29) is 0 Å². The predicted molar refractivity (Wildman–Crippen MR) is 42.2 cm³/mol. The molecule has 0 unspecified atom stereocenters. The van der Waals surface area contributed by atoms with Gasteiger partial charge in [0.1, 0.15) is 0 Å². The van der Waals surface area contributed by atoms with Gasteiger partial charge in [-0.15, -0.1) is 4.31 Å². The van der Waals surface area contributed by atoms with Crippen molar-refractivity contribution in [3.05, 3.63) is 24.4 Å². The van der Waals surface area contributed by atoms with E-state index in [4.69, 9.17) is 0 Å². The average Bonchev–Trinajstić information content (AvgIpc) is 2.05. The fraction of sp³-hybridized carbons (Fsp3) is 0.167. The maximum absolute atomic E-state index is 12.0. The van der Waals surface area contributed by atoms with E-state index in [0.717, 1.165) is 4.31 Å². The molecule has 1 aromatic rings. The maximum Gasteiger partial charge on any atom is 0.556 e. The summed E-state index contributed by atoms with van der Waals surface area (Å²) in [5.74, 6) is 0.292. The van der Waals surface area contributed by atoms with Gasteiger partial charge in [-0.2, -0.15) is 0 Å². The van der Waals surface area contributed by atoms with Crippen LogP contribution in [0.4, 0.5) is 13.6 Å². The Balaban J connectivity index is 2.77. The van der Waals surface area contributed by atoms with Gasteiger partial charge in [0.15, 0.2) is 5.82 Å². The fourth-order valence-corrected chi connectivity index (χ4v) is 0.860. The van der Waals surface area contributed by atoms with Crippen molar-refractivity contribution in [1.82, 2.24) is 4.98 Å². The molecule has 5 heteroatoms. The first-order valence-electron chi connectivity index (χ1n) is 2.93. The largest absolute Gasteiger partial charge is 0.556 e. The van der Waals surface area contributed by atoms with E-state index in [0.29, 0.717) is 5.82 Å². The molecule has 1 heterocycles. The van der Waals surface area contributed by atoms with Crippen molar-refractivity contribution in [2.75, 3.05) is 11.4 Å². The highest BCUT2D eigenvalue weighted by molar-refractivity contribution is 7.88. The number of aromatic nitrogens is 1. The molecule has 0 saturated carbocycles. The number of halogens is 2. The minimum atomic E-state index is -2.74.